The lowest BCUT2D eigenvalue weighted by molar-refractivity contribution is -0.161. The normalized spacial score (nSPS) is 32.5. The van der Waals surface area contributed by atoms with Crippen molar-refractivity contribution in [2.45, 2.75) is 55.9 Å². The molecule has 4 aliphatic rings. The van der Waals surface area contributed by atoms with E-state index in [0.29, 0.717) is 29.1 Å². The van der Waals surface area contributed by atoms with Crippen LogP contribution in [-0.4, -0.2) is 64.8 Å². The molecule has 220 valence electrons. The molecule has 1 unspecified atom stereocenters. The van der Waals surface area contributed by atoms with Gasteiger partial charge in [-0.3, -0.25) is 14.4 Å². The van der Waals surface area contributed by atoms with Crippen LogP contribution in [0.1, 0.15) is 44.2 Å². The van der Waals surface area contributed by atoms with Gasteiger partial charge in [-0.2, -0.15) is 0 Å². The van der Waals surface area contributed by atoms with E-state index < -0.39 is 59.5 Å². The van der Waals surface area contributed by atoms with Crippen LogP contribution in [0.3, 0.4) is 0 Å². The van der Waals surface area contributed by atoms with Crippen molar-refractivity contribution in [1.82, 2.24) is 4.90 Å². The van der Waals surface area contributed by atoms with Gasteiger partial charge in [0.25, 0.3) is 5.91 Å². The van der Waals surface area contributed by atoms with E-state index in [0.717, 1.165) is 12.8 Å². The van der Waals surface area contributed by atoms with Gasteiger partial charge >= 0.3 is 5.97 Å². The Kier molecular flexibility index (Phi) is 7.72. The summed E-state index contributed by atoms with van der Waals surface area (Å²) in [6.07, 6.45) is 10.3. The van der Waals surface area contributed by atoms with Gasteiger partial charge in [0.15, 0.2) is 0 Å². The molecule has 1 spiro atoms. The number of hydrogen-bond donors (Lipinski definition) is 1. The summed E-state index contributed by atoms with van der Waals surface area (Å²) < 4.78 is 12.8. The molecule has 2 amide bonds. The average molecular weight is 591 g/mol. The number of benzene rings is 2. The van der Waals surface area contributed by atoms with Crippen LogP contribution in [-0.2, 0) is 23.9 Å². The van der Waals surface area contributed by atoms with E-state index in [1.165, 1.54) is 4.90 Å². The fourth-order valence-electron chi connectivity index (χ4n) is 7.23. The summed E-state index contributed by atoms with van der Waals surface area (Å²) in [6.45, 7) is 1.94. The second-order valence-electron chi connectivity index (χ2n) is 11.3. The lowest BCUT2D eigenvalue weighted by Gasteiger charge is -2.41. The summed E-state index contributed by atoms with van der Waals surface area (Å²) in [4.78, 5) is 46.4. The van der Waals surface area contributed by atoms with Gasteiger partial charge in [-0.25, -0.2) is 0 Å². The standard InChI is InChI=1S/C33H35ClN2O6/c1-2-32-17-10-3-4-11-20-41-31(40)27(32)26-29(38)36(25(21-37)22-13-6-5-7-14-22)28-30(39)35(19-12-18-33(26,28)42-32)24-16-9-8-15-23(24)34/h5-10,12-18,25-28,37H,2-4,11,19-21H2,1H3/b17-10-/t25-,26+,27+,28?,32-,33+/m1/s1. The van der Waals surface area contributed by atoms with Crippen LogP contribution < -0.4 is 4.90 Å². The molecule has 0 aromatic heterocycles. The van der Waals surface area contributed by atoms with Gasteiger partial charge < -0.3 is 24.4 Å². The van der Waals surface area contributed by atoms with Gasteiger partial charge in [0.1, 0.15) is 23.2 Å². The Morgan fingerprint density at radius 1 is 0.976 bits per heavy atom. The lowest BCUT2D eigenvalue weighted by atomic mass is 9.73. The van der Waals surface area contributed by atoms with E-state index in [1.54, 1.807) is 35.2 Å². The maximum Gasteiger partial charge on any atom is 0.313 e. The first-order chi connectivity index (χ1) is 20.4. The summed E-state index contributed by atoms with van der Waals surface area (Å²) in [7, 11) is 0. The average Bonchev–Trinajstić information content (AvgIpc) is 3.36. The molecule has 2 saturated heterocycles. The topological polar surface area (TPSA) is 96.4 Å². The van der Waals surface area contributed by atoms with Crippen LogP contribution in [0.25, 0.3) is 0 Å². The minimum atomic E-state index is -1.48. The number of likely N-dealkylation sites (tertiary alicyclic amines) is 1. The predicted octanol–water partition coefficient (Wildman–Crippen LogP) is 4.62. The third-order valence-electron chi connectivity index (χ3n) is 9.16. The molecule has 2 aromatic rings. The van der Waals surface area contributed by atoms with Gasteiger partial charge in [-0.05, 0) is 43.4 Å². The summed E-state index contributed by atoms with van der Waals surface area (Å²) >= 11 is 6.57. The fourth-order valence-corrected chi connectivity index (χ4v) is 7.47. The van der Waals surface area contributed by atoms with Crippen LogP contribution in [0.2, 0.25) is 5.02 Å². The number of fused-ring (bicyclic) bond motifs is 2. The molecule has 1 N–H and O–H groups in total. The maximum absolute atomic E-state index is 14.8. The van der Waals surface area contributed by atoms with Crippen LogP contribution >= 0.6 is 11.6 Å². The van der Waals surface area contributed by atoms with Crippen molar-refractivity contribution in [2.75, 3.05) is 24.7 Å². The van der Waals surface area contributed by atoms with E-state index in [2.05, 4.69) is 0 Å². The number of nitrogens with zero attached hydrogens (tertiary/aromatic N) is 2. The molecule has 0 aliphatic carbocycles. The van der Waals surface area contributed by atoms with Crippen molar-refractivity contribution in [2.24, 2.45) is 11.8 Å². The molecule has 0 radical (unpaired) electrons. The zero-order valence-corrected chi connectivity index (χ0v) is 24.3. The Balaban J connectivity index is 1.56. The molecule has 4 aliphatic heterocycles. The quantitative estimate of drug-likeness (QED) is 0.403. The number of para-hydroxylation sites is 1. The first-order valence-corrected chi connectivity index (χ1v) is 15.0. The number of hydrogen-bond acceptors (Lipinski definition) is 6. The molecule has 4 heterocycles. The van der Waals surface area contributed by atoms with Crippen molar-refractivity contribution in [3.05, 3.63) is 89.5 Å². The SMILES string of the molecule is CC[C@@]12/C=C\CCCCOC(=O)[C@@H]1[C@H]1C(=O)N([C@H](CO)c3ccccc3)C3C(=O)N(c4ccccc4Cl)CC=C[C@@]31O2. The molecule has 42 heavy (non-hydrogen) atoms. The number of halogens is 1. The molecule has 8 nitrogen and oxygen atoms in total. The monoisotopic (exact) mass is 590 g/mol. The number of allylic oxidation sites excluding steroid dienone is 1. The molecule has 2 fully saturated rings. The van der Waals surface area contributed by atoms with Gasteiger partial charge in [-0.15, -0.1) is 0 Å². The Bertz CT molecular complexity index is 1430. The highest BCUT2D eigenvalue weighted by molar-refractivity contribution is 6.34. The molecule has 0 bridgehead atoms. The van der Waals surface area contributed by atoms with E-state index in [1.807, 2.05) is 55.5 Å². The number of aliphatic hydroxyl groups excluding tert-OH is 1. The van der Waals surface area contributed by atoms with E-state index in [9.17, 15) is 19.5 Å². The number of carbonyl (C=O) groups excluding carboxylic acids is 3. The minimum absolute atomic E-state index is 0.193. The van der Waals surface area contributed by atoms with Crippen LogP contribution in [0.5, 0.6) is 0 Å². The smallest absolute Gasteiger partial charge is 0.313 e. The molecule has 0 saturated carbocycles. The molecular formula is C33H35ClN2O6. The zero-order chi connectivity index (χ0) is 29.5. The summed E-state index contributed by atoms with van der Waals surface area (Å²) in [5, 5.41) is 11.1. The summed E-state index contributed by atoms with van der Waals surface area (Å²) in [5.41, 5.74) is -1.46. The van der Waals surface area contributed by atoms with E-state index >= 15 is 0 Å². The number of carbonyl (C=O) groups is 3. The third-order valence-corrected chi connectivity index (χ3v) is 9.48. The number of rotatable bonds is 5. The highest BCUT2D eigenvalue weighted by Gasteiger charge is 2.76. The number of anilines is 1. The molecule has 6 rings (SSSR count). The molecule has 9 heteroatoms. The van der Waals surface area contributed by atoms with Crippen LogP contribution in [0.4, 0.5) is 5.69 Å². The number of amides is 2. The number of esters is 1. The van der Waals surface area contributed by atoms with Crippen molar-refractivity contribution < 1.29 is 29.0 Å². The van der Waals surface area contributed by atoms with Crippen molar-refractivity contribution in [3.63, 3.8) is 0 Å². The maximum atomic E-state index is 14.8. The second-order valence-corrected chi connectivity index (χ2v) is 11.8. The Morgan fingerprint density at radius 3 is 2.48 bits per heavy atom. The Hall–Kier alpha value is -3.46. The van der Waals surface area contributed by atoms with Gasteiger partial charge in [-0.1, -0.05) is 85.3 Å². The molecule has 6 atom stereocenters. The fraction of sp³-hybridized carbons (Fsp3) is 0.424. The molecular weight excluding hydrogens is 556 g/mol. The Morgan fingerprint density at radius 2 is 1.74 bits per heavy atom. The largest absolute Gasteiger partial charge is 0.465 e. The summed E-state index contributed by atoms with van der Waals surface area (Å²) in [6, 6.07) is 14.2. The second kappa shape index (κ2) is 11.3. The zero-order valence-electron chi connectivity index (χ0n) is 23.5. The lowest BCUT2D eigenvalue weighted by Crippen LogP contribution is -2.57. The van der Waals surface area contributed by atoms with E-state index in [-0.39, 0.29) is 13.2 Å². The van der Waals surface area contributed by atoms with Gasteiger partial charge in [0, 0.05) is 6.54 Å². The van der Waals surface area contributed by atoms with Gasteiger partial charge in [0.2, 0.25) is 5.91 Å². The van der Waals surface area contributed by atoms with Crippen molar-refractivity contribution >= 4 is 35.1 Å². The third kappa shape index (κ3) is 4.39. The predicted molar refractivity (Wildman–Crippen MR) is 158 cm³/mol. The first-order valence-electron chi connectivity index (χ1n) is 14.6. The molecule has 2 aromatic carbocycles. The van der Waals surface area contributed by atoms with Crippen molar-refractivity contribution in [3.8, 4) is 0 Å². The van der Waals surface area contributed by atoms with E-state index in [4.69, 9.17) is 21.1 Å². The van der Waals surface area contributed by atoms with Gasteiger partial charge in [0.05, 0.1) is 35.9 Å². The van der Waals surface area contributed by atoms with Crippen molar-refractivity contribution in [1.29, 1.82) is 0 Å². The van der Waals surface area contributed by atoms with Crippen LogP contribution in [0.15, 0.2) is 78.9 Å². The Labute approximate surface area is 250 Å². The summed E-state index contributed by atoms with van der Waals surface area (Å²) in [5.74, 6) is -3.35. The first kappa shape index (κ1) is 28.6. The highest BCUT2D eigenvalue weighted by Crippen LogP contribution is 2.59. The number of aliphatic hydroxyl groups is 1. The highest BCUT2D eigenvalue weighted by atomic mass is 35.5. The minimum Gasteiger partial charge on any atom is -0.465 e. The van der Waals surface area contributed by atoms with Crippen LogP contribution in [0, 0.1) is 11.8 Å². The number of cyclic esters (lactones) is 1. The number of ether oxygens (including phenoxy) is 2.